The molecule has 9 heteroatoms. The van der Waals surface area contributed by atoms with Gasteiger partial charge in [-0.15, -0.1) is 5.06 Å². The van der Waals surface area contributed by atoms with E-state index in [4.69, 9.17) is 5.73 Å². The number of carbonyl (C=O) groups excluding carboxylic acids is 2. The summed E-state index contributed by atoms with van der Waals surface area (Å²) < 4.78 is 35.8. The lowest BCUT2D eigenvalue weighted by atomic mass is 10.4. The molecule has 1 aromatic heterocycles. The fourth-order valence-electron chi connectivity index (χ4n) is 0.833. The average Bonchev–Trinajstić information content (AvgIpc) is 2.25. The molecule has 0 saturated heterocycles. The van der Waals surface area contributed by atoms with E-state index in [9.17, 15) is 22.8 Å². The van der Waals surface area contributed by atoms with E-state index in [-0.39, 0.29) is 10.8 Å². The fraction of sp³-hybridized carbons (Fsp3) is 0.125. The van der Waals surface area contributed by atoms with Crippen LogP contribution in [0.4, 0.5) is 23.7 Å². The van der Waals surface area contributed by atoms with Gasteiger partial charge in [0.1, 0.15) is 5.69 Å². The standard InChI is InChI=1S/C8H6F3N3O3/c9-8(10,11)6(15)17-14(7(12)16)5-2-1-3-13-4-5/h1-4H,(H2,12,16). The first-order valence-electron chi connectivity index (χ1n) is 4.11. The number of amides is 2. The molecule has 0 fully saturated rings. The maximum atomic E-state index is 11.9. The highest BCUT2D eigenvalue weighted by Crippen LogP contribution is 2.20. The number of nitrogens with two attached hydrogens (primary N) is 1. The number of primary amides is 1. The largest absolute Gasteiger partial charge is 0.493 e. The third-order valence-corrected chi connectivity index (χ3v) is 1.49. The Morgan fingerprint density at radius 2 is 2.06 bits per heavy atom. The van der Waals surface area contributed by atoms with Crippen molar-refractivity contribution < 1.29 is 27.6 Å². The van der Waals surface area contributed by atoms with Crippen molar-refractivity contribution in [1.82, 2.24) is 4.98 Å². The summed E-state index contributed by atoms with van der Waals surface area (Å²) in [7, 11) is 0. The van der Waals surface area contributed by atoms with Crippen LogP contribution in [0.15, 0.2) is 24.5 Å². The molecule has 17 heavy (non-hydrogen) atoms. The summed E-state index contributed by atoms with van der Waals surface area (Å²) in [4.78, 5) is 28.7. The van der Waals surface area contributed by atoms with E-state index >= 15 is 0 Å². The Bertz CT molecular complexity index is 421. The molecule has 0 radical (unpaired) electrons. The molecule has 0 aliphatic heterocycles. The zero-order valence-electron chi connectivity index (χ0n) is 8.14. The topological polar surface area (TPSA) is 85.5 Å². The van der Waals surface area contributed by atoms with Gasteiger partial charge < -0.3 is 10.6 Å². The summed E-state index contributed by atoms with van der Waals surface area (Å²) >= 11 is 0. The van der Waals surface area contributed by atoms with Gasteiger partial charge in [-0.1, -0.05) is 0 Å². The molecule has 1 rings (SSSR count). The second-order valence-electron chi connectivity index (χ2n) is 2.72. The van der Waals surface area contributed by atoms with Crippen molar-refractivity contribution in [1.29, 1.82) is 0 Å². The molecule has 2 amide bonds. The number of hydroxylamine groups is 1. The van der Waals surface area contributed by atoms with E-state index in [1.54, 1.807) is 0 Å². The normalized spacial score (nSPS) is 10.8. The molecule has 0 spiro atoms. The van der Waals surface area contributed by atoms with Crippen molar-refractivity contribution in [3.05, 3.63) is 24.5 Å². The van der Waals surface area contributed by atoms with E-state index in [0.717, 1.165) is 6.20 Å². The van der Waals surface area contributed by atoms with Crippen molar-refractivity contribution in [2.24, 2.45) is 5.73 Å². The number of hydrogen-bond acceptors (Lipinski definition) is 4. The van der Waals surface area contributed by atoms with Crippen molar-refractivity contribution in [2.45, 2.75) is 6.18 Å². The van der Waals surface area contributed by atoms with Crippen LogP contribution in [0.1, 0.15) is 0 Å². The molecular formula is C8H6F3N3O3. The van der Waals surface area contributed by atoms with Crippen LogP contribution >= 0.6 is 0 Å². The molecule has 0 unspecified atom stereocenters. The molecule has 0 bridgehead atoms. The van der Waals surface area contributed by atoms with Crippen LogP contribution in [-0.4, -0.2) is 23.2 Å². The second kappa shape index (κ2) is 4.68. The van der Waals surface area contributed by atoms with Crippen LogP contribution in [0.25, 0.3) is 0 Å². The van der Waals surface area contributed by atoms with Crippen LogP contribution < -0.4 is 10.8 Å². The summed E-state index contributed by atoms with van der Waals surface area (Å²) in [6.07, 6.45) is -2.90. The predicted molar refractivity (Wildman–Crippen MR) is 48.4 cm³/mol. The Morgan fingerprint density at radius 1 is 1.41 bits per heavy atom. The Labute approximate surface area is 92.7 Å². The highest BCUT2D eigenvalue weighted by Gasteiger charge is 2.43. The Kier molecular flexibility index (Phi) is 3.51. The Morgan fingerprint density at radius 3 is 2.47 bits per heavy atom. The second-order valence-corrected chi connectivity index (χ2v) is 2.72. The number of anilines is 1. The van der Waals surface area contributed by atoms with Gasteiger partial charge in [0, 0.05) is 6.20 Å². The summed E-state index contributed by atoms with van der Waals surface area (Å²) in [6, 6.07) is 1.14. The smallest absolute Gasteiger partial charge is 0.349 e. The third-order valence-electron chi connectivity index (χ3n) is 1.49. The van der Waals surface area contributed by atoms with E-state index in [1.165, 1.54) is 18.3 Å². The van der Waals surface area contributed by atoms with Crippen molar-refractivity contribution in [2.75, 3.05) is 5.06 Å². The summed E-state index contributed by atoms with van der Waals surface area (Å²) in [5, 5.41) is 0.00280. The first-order chi connectivity index (χ1) is 7.82. The monoisotopic (exact) mass is 249 g/mol. The zero-order valence-corrected chi connectivity index (χ0v) is 8.14. The molecule has 0 aliphatic rings. The van der Waals surface area contributed by atoms with Crippen LogP contribution in [-0.2, 0) is 9.63 Å². The molecule has 0 atom stereocenters. The van der Waals surface area contributed by atoms with Gasteiger partial charge in [0.15, 0.2) is 0 Å². The van der Waals surface area contributed by atoms with Crippen molar-refractivity contribution in [3.8, 4) is 0 Å². The van der Waals surface area contributed by atoms with Gasteiger partial charge in [0.25, 0.3) is 0 Å². The highest BCUT2D eigenvalue weighted by atomic mass is 19.4. The molecule has 0 saturated carbocycles. The van der Waals surface area contributed by atoms with E-state index in [2.05, 4.69) is 9.82 Å². The minimum absolute atomic E-state index is 0.00280. The molecule has 0 aromatic carbocycles. The SMILES string of the molecule is NC(=O)N(OC(=O)C(F)(F)F)c1cccnc1. The van der Waals surface area contributed by atoms with Gasteiger partial charge in [0.05, 0.1) is 6.20 Å². The van der Waals surface area contributed by atoms with Gasteiger partial charge >= 0.3 is 18.2 Å². The van der Waals surface area contributed by atoms with E-state index < -0.39 is 18.2 Å². The number of carbonyl (C=O) groups is 2. The minimum Gasteiger partial charge on any atom is -0.349 e. The maximum Gasteiger partial charge on any atom is 0.493 e. The van der Waals surface area contributed by atoms with Gasteiger partial charge in [-0.25, -0.2) is 9.59 Å². The Balaban J connectivity index is 2.90. The van der Waals surface area contributed by atoms with E-state index in [1.807, 2.05) is 0 Å². The quantitative estimate of drug-likeness (QED) is 0.752. The lowest BCUT2D eigenvalue weighted by Gasteiger charge is -2.18. The van der Waals surface area contributed by atoms with Crippen molar-refractivity contribution in [3.63, 3.8) is 0 Å². The molecule has 1 aromatic rings. The number of aromatic nitrogens is 1. The molecule has 2 N–H and O–H groups in total. The van der Waals surface area contributed by atoms with Gasteiger partial charge in [-0.3, -0.25) is 4.98 Å². The van der Waals surface area contributed by atoms with Gasteiger partial charge in [-0.2, -0.15) is 13.2 Å². The number of rotatable bonds is 1. The number of halogens is 3. The summed E-state index contributed by atoms with van der Waals surface area (Å²) in [5.74, 6) is -2.56. The Hall–Kier alpha value is -2.32. The molecule has 92 valence electrons. The van der Waals surface area contributed by atoms with Crippen molar-refractivity contribution >= 4 is 17.7 Å². The molecule has 0 aliphatic carbocycles. The predicted octanol–water partition coefficient (Wildman–Crippen LogP) is 0.987. The van der Waals surface area contributed by atoms with Crippen LogP contribution in [0.5, 0.6) is 0 Å². The number of urea groups is 1. The van der Waals surface area contributed by atoms with Gasteiger partial charge in [-0.05, 0) is 12.1 Å². The summed E-state index contributed by atoms with van der Waals surface area (Å²) in [6.45, 7) is 0. The first kappa shape index (κ1) is 12.7. The van der Waals surface area contributed by atoms with Gasteiger partial charge in [0.2, 0.25) is 0 Å². The maximum absolute atomic E-state index is 11.9. The fourth-order valence-corrected chi connectivity index (χ4v) is 0.833. The minimum atomic E-state index is -5.23. The number of hydrogen-bond donors (Lipinski definition) is 1. The first-order valence-corrected chi connectivity index (χ1v) is 4.11. The molecule has 1 heterocycles. The lowest BCUT2D eigenvalue weighted by Crippen LogP contribution is -2.41. The zero-order chi connectivity index (χ0) is 13.1. The highest BCUT2D eigenvalue weighted by molar-refractivity contribution is 5.91. The summed E-state index contributed by atoms with van der Waals surface area (Å²) in [5.41, 5.74) is 4.58. The number of alkyl halides is 3. The molecule has 6 nitrogen and oxygen atoms in total. The lowest BCUT2D eigenvalue weighted by molar-refractivity contribution is -0.199. The third kappa shape index (κ3) is 3.33. The molecular weight excluding hydrogens is 243 g/mol. The number of nitrogens with zero attached hydrogens (tertiary/aromatic N) is 2. The average molecular weight is 249 g/mol. The number of pyridine rings is 1. The van der Waals surface area contributed by atoms with Crippen LogP contribution in [0.2, 0.25) is 0 Å². The van der Waals surface area contributed by atoms with Crippen LogP contribution in [0.3, 0.4) is 0 Å². The van der Waals surface area contributed by atoms with Crippen LogP contribution in [0, 0.1) is 0 Å². The van der Waals surface area contributed by atoms with E-state index in [0.29, 0.717) is 0 Å².